The fourth-order valence-electron chi connectivity index (χ4n) is 1.81. The largest absolute Gasteiger partial charge is 0.387 e. The smallest absolute Gasteiger partial charge is 0.0931 e. The first-order valence-corrected chi connectivity index (χ1v) is 7.00. The van der Waals surface area contributed by atoms with E-state index in [1.54, 1.807) is 18.3 Å². The standard InChI is InChI=1S/C14H18N2OS/c1-3-16(10-13-5-4-8-18-13)12-6-7-14(11(2)17)15-9-12/h4-9,11,17H,3,10H2,1-2H3/t11-/m0/s1. The van der Waals surface area contributed by atoms with Crippen LogP contribution in [0.5, 0.6) is 0 Å². The highest BCUT2D eigenvalue weighted by atomic mass is 32.1. The molecule has 2 aromatic heterocycles. The van der Waals surface area contributed by atoms with Crippen LogP contribution in [0.2, 0.25) is 0 Å². The summed E-state index contributed by atoms with van der Waals surface area (Å²) in [4.78, 5) is 7.90. The maximum Gasteiger partial charge on any atom is 0.0931 e. The van der Waals surface area contributed by atoms with E-state index < -0.39 is 6.10 Å². The molecule has 0 amide bonds. The van der Waals surface area contributed by atoms with Crippen LogP contribution in [0.3, 0.4) is 0 Å². The number of hydrogen-bond donors (Lipinski definition) is 1. The molecular formula is C14H18N2OS. The minimum atomic E-state index is -0.508. The Morgan fingerprint density at radius 3 is 2.72 bits per heavy atom. The van der Waals surface area contributed by atoms with Gasteiger partial charge in [0.1, 0.15) is 0 Å². The van der Waals surface area contributed by atoms with Crippen molar-refractivity contribution in [2.75, 3.05) is 11.4 Å². The maximum absolute atomic E-state index is 9.44. The number of aliphatic hydroxyl groups is 1. The molecule has 2 rings (SSSR count). The van der Waals surface area contributed by atoms with Crippen molar-refractivity contribution in [3.05, 3.63) is 46.4 Å². The number of pyridine rings is 1. The van der Waals surface area contributed by atoms with Gasteiger partial charge >= 0.3 is 0 Å². The van der Waals surface area contributed by atoms with E-state index in [-0.39, 0.29) is 0 Å². The first-order chi connectivity index (χ1) is 8.70. The second kappa shape index (κ2) is 5.98. The van der Waals surface area contributed by atoms with E-state index in [0.29, 0.717) is 5.69 Å². The molecule has 1 atom stereocenters. The zero-order valence-corrected chi connectivity index (χ0v) is 11.5. The van der Waals surface area contributed by atoms with Crippen molar-refractivity contribution in [1.29, 1.82) is 0 Å². The number of aliphatic hydroxyl groups excluding tert-OH is 1. The van der Waals surface area contributed by atoms with Crippen LogP contribution >= 0.6 is 11.3 Å². The van der Waals surface area contributed by atoms with Gasteiger partial charge in [0.25, 0.3) is 0 Å². The molecule has 0 bridgehead atoms. The SMILES string of the molecule is CCN(Cc1cccs1)c1ccc([C@H](C)O)nc1. The minimum Gasteiger partial charge on any atom is -0.387 e. The third-order valence-electron chi connectivity index (χ3n) is 2.87. The van der Waals surface area contributed by atoms with Crippen LogP contribution in [0.4, 0.5) is 5.69 Å². The van der Waals surface area contributed by atoms with Gasteiger partial charge in [0.2, 0.25) is 0 Å². The molecule has 0 saturated heterocycles. The maximum atomic E-state index is 9.44. The van der Waals surface area contributed by atoms with Crippen molar-refractivity contribution in [3.63, 3.8) is 0 Å². The van der Waals surface area contributed by atoms with E-state index in [1.807, 2.05) is 18.3 Å². The van der Waals surface area contributed by atoms with Gasteiger partial charge in [-0.1, -0.05) is 6.07 Å². The number of thiophene rings is 1. The Morgan fingerprint density at radius 1 is 1.39 bits per heavy atom. The van der Waals surface area contributed by atoms with Crippen LogP contribution in [0.15, 0.2) is 35.8 Å². The molecule has 96 valence electrons. The van der Waals surface area contributed by atoms with Gasteiger partial charge in [0, 0.05) is 11.4 Å². The summed E-state index contributed by atoms with van der Waals surface area (Å²) < 4.78 is 0. The Labute approximate surface area is 112 Å². The Balaban J connectivity index is 2.12. The highest BCUT2D eigenvalue weighted by molar-refractivity contribution is 7.09. The minimum absolute atomic E-state index is 0.508. The van der Waals surface area contributed by atoms with E-state index in [9.17, 15) is 5.11 Å². The topological polar surface area (TPSA) is 36.4 Å². The summed E-state index contributed by atoms with van der Waals surface area (Å²) >= 11 is 1.77. The Bertz CT molecular complexity index is 465. The second-order valence-electron chi connectivity index (χ2n) is 4.21. The van der Waals surface area contributed by atoms with Crippen LogP contribution in [-0.2, 0) is 6.54 Å². The fourth-order valence-corrected chi connectivity index (χ4v) is 2.53. The van der Waals surface area contributed by atoms with Crippen molar-refractivity contribution in [2.24, 2.45) is 0 Å². The lowest BCUT2D eigenvalue weighted by Gasteiger charge is -2.22. The molecule has 4 heteroatoms. The van der Waals surface area contributed by atoms with E-state index in [2.05, 4.69) is 34.3 Å². The Hall–Kier alpha value is -1.39. The molecule has 0 radical (unpaired) electrons. The summed E-state index contributed by atoms with van der Waals surface area (Å²) in [7, 11) is 0. The summed E-state index contributed by atoms with van der Waals surface area (Å²) in [5, 5.41) is 11.5. The average Bonchev–Trinajstić information content (AvgIpc) is 2.89. The van der Waals surface area contributed by atoms with Gasteiger partial charge in [-0.2, -0.15) is 0 Å². The van der Waals surface area contributed by atoms with Crippen molar-refractivity contribution < 1.29 is 5.11 Å². The van der Waals surface area contributed by atoms with Crippen LogP contribution in [0.1, 0.15) is 30.5 Å². The molecule has 0 unspecified atom stereocenters. The molecule has 0 aliphatic carbocycles. The zero-order chi connectivity index (χ0) is 13.0. The number of hydrogen-bond acceptors (Lipinski definition) is 4. The fraction of sp³-hybridized carbons (Fsp3) is 0.357. The average molecular weight is 262 g/mol. The van der Waals surface area contributed by atoms with Crippen molar-refractivity contribution >= 4 is 17.0 Å². The van der Waals surface area contributed by atoms with E-state index in [1.165, 1.54) is 4.88 Å². The van der Waals surface area contributed by atoms with Gasteiger partial charge < -0.3 is 10.0 Å². The summed E-state index contributed by atoms with van der Waals surface area (Å²) in [5.41, 5.74) is 1.81. The van der Waals surface area contributed by atoms with Crippen LogP contribution < -0.4 is 4.90 Å². The molecular weight excluding hydrogens is 244 g/mol. The molecule has 0 aliphatic rings. The van der Waals surface area contributed by atoms with Gasteiger partial charge in [-0.3, -0.25) is 4.98 Å². The van der Waals surface area contributed by atoms with E-state index in [4.69, 9.17) is 0 Å². The first kappa shape index (κ1) is 13.1. The van der Waals surface area contributed by atoms with Gasteiger partial charge in [-0.25, -0.2) is 0 Å². The van der Waals surface area contributed by atoms with Crippen molar-refractivity contribution in [3.8, 4) is 0 Å². The molecule has 1 N–H and O–H groups in total. The third-order valence-corrected chi connectivity index (χ3v) is 3.73. The monoisotopic (exact) mass is 262 g/mol. The molecule has 0 aromatic carbocycles. The molecule has 2 heterocycles. The number of anilines is 1. The van der Waals surface area contributed by atoms with Gasteiger partial charge in [0.05, 0.1) is 30.2 Å². The Kier molecular flexibility index (Phi) is 4.33. The predicted octanol–water partition coefficient (Wildman–Crippen LogP) is 3.22. The zero-order valence-electron chi connectivity index (χ0n) is 10.7. The summed E-state index contributed by atoms with van der Waals surface area (Å²) in [6, 6.07) is 8.12. The highest BCUT2D eigenvalue weighted by Crippen LogP contribution is 2.20. The quantitative estimate of drug-likeness (QED) is 0.898. The molecule has 0 saturated carbocycles. The lowest BCUT2D eigenvalue weighted by atomic mass is 10.2. The van der Waals surface area contributed by atoms with Gasteiger partial charge in [0.15, 0.2) is 0 Å². The lowest BCUT2D eigenvalue weighted by molar-refractivity contribution is 0.194. The molecule has 2 aromatic rings. The molecule has 3 nitrogen and oxygen atoms in total. The first-order valence-electron chi connectivity index (χ1n) is 6.12. The predicted molar refractivity (Wildman–Crippen MR) is 75.9 cm³/mol. The van der Waals surface area contributed by atoms with Gasteiger partial charge in [-0.05, 0) is 37.4 Å². The van der Waals surface area contributed by atoms with E-state index >= 15 is 0 Å². The molecule has 0 fully saturated rings. The van der Waals surface area contributed by atoms with Crippen LogP contribution in [-0.4, -0.2) is 16.6 Å². The Morgan fingerprint density at radius 2 is 2.22 bits per heavy atom. The highest BCUT2D eigenvalue weighted by Gasteiger charge is 2.08. The normalized spacial score (nSPS) is 12.4. The molecule has 18 heavy (non-hydrogen) atoms. The summed E-state index contributed by atoms with van der Waals surface area (Å²) in [6.07, 6.45) is 1.32. The summed E-state index contributed by atoms with van der Waals surface area (Å²) in [5.74, 6) is 0. The number of aromatic nitrogens is 1. The summed E-state index contributed by atoms with van der Waals surface area (Å²) in [6.45, 7) is 5.71. The van der Waals surface area contributed by atoms with Crippen molar-refractivity contribution in [2.45, 2.75) is 26.5 Å². The number of nitrogens with zero attached hydrogens (tertiary/aromatic N) is 2. The third kappa shape index (κ3) is 3.09. The van der Waals surface area contributed by atoms with Crippen LogP contribution in [0.25, 0.3) is 0 Å². The van der Waals surface area contributed by atoms with E-state index in [0.717, 1.165) is 18.8 Å². The van der Waals surface area contributed by atoms with Gasteiger partial charge in [-0.15, -0.1) is 11.3 Å². The lowest BCUT2D eigenvalue weighted by Crippen LogP contribution is -2.21. The molecule has 0 aliphatic heterocycles. The molecule has 0 spiro atoms. The number of rotatable bonds is 5. The van der Waals surface area contributed by atoms with Crippen molar-refractivity contribution in [1.82, 2.24) is 4.98 Å². The van der Waals surface area contributed by atoms with Crippen LogP contribution in [0, 0.1) is 0 Å². The second-order valence-corrected chi connectivity index (χ2v) is 5.24.